The van der Waals surface area contributed by atoms with Gasteiger partial charge in [0.1, 0.15) is 16.7 Å². The lowest BCUT2D eigenvalue weighted by molar-refractivity contribution is -0.139. The molecule has 0 bridgehead atoms. The van der Waals surface area contributed by atoms with Crippen molar-refractivity contribution in [2.24, 2.45) is 0 Å². The Morgan fingerprint density at radius 1 is 1.39 bits per heavy atom. The number of anilines is 1. The van der Waals surface area contributed by atoms with Crippen molar-refractivity contribution in [3.63, 3.8) is 0 Å². The van der Waals surface area contributed by atoms with Crippen LogP contribution in [0.2, 0.25) is 0 Å². The molecule has 0 saturated heterocycles. The van der Waals surface area contributed by atoms with Gasteiger partial charge in [-0.3, -0.25) is 4.79 Å². The fourth-order valence-electron chi connectivity index (χ4n) is 1.41. The van der Waals surface area contributed by atoms with Crippen molar-refractivity contribution in [3.05, 3.63) is 11.4 Å². The van der Waals surface area contributed by atoms with Crippen LogP contribution in [0.5, 0.6) is 0 Å². The number of hydrogen-bond donors (Lipinski definition) is 1. The third kappa shape index (κ3) is 3.87. The van der Waals surface area contributed by atoms with Gasteiger partial charge in [0.15, 0.2) is 0 Å². The van der Waals surface area contributed by atoms with Gasteiger partial charge in [-0.2, -0.15) is 0 Å². The second-order valence-electron chi connectivity index (χ2n) is 3.62. The summed E-state index contributed by atoms with van der Waals surface area (Å²) in [5.74, 6) is 1.65. The van der Waals surface area contributed by atoms with Gasteiger partial charge in [-0.1, -0.05) is 18.7 Å². The van der Waals surface area contributed by atoms with Crippen LogP contribution in [0.25, 0.3) is 0 Å². The summed E-state index contributed by atoms with van der Waals surface area (Å²) in [6.45, 7) is 6.15. The zero-order chi connectivity index (χ0) is 13.5. The van der Waals surface area contributed by atoms with E-state index in [1.54, 1.807) is 6.92 Å². The Hall–Kier alpha value is -1.30. The second-order valence-corrected chi connectivity index (χ2v) is 4.58. The number of aryl methyl sites for hydroxylation is 1. The molecule has 1 rings (SSSR count). The summed E-state index contributed by atoms with van der Waals surface area (Å²) >= 11 is 1.39. The van der Waals surface area contributed by atoms with Gasteiger partial charge in [-0.25, -0.2) is 9.97 Å². The Balaban J connectivity index is 2.83. The molecule has 0 aromatic carbocycles. The highest BCUT2D eigenvalue weighted by Crippen LogP contribution is 2.25. The number of aromatic nitrogens is 2. The van der Waals surface area contributed by atoms with Crippen molar-refractivity contribution in [2.45, 2.75) is 32.2 Å². The summed E-state index contributed by atoms with van der Waals surface area (Å²) in [4.78, 5) is 20.2. The van der Waals surface area contributed by atoms with Crippen LogP contribution >= 0.6 is 11.8 Å². The van der Waals surface area contributed by atoms with Gasteiger partial charge >= 0.3 is 5.97 Å². The molecule has 1 aromatic rings. The average molecular weight is 269 g/mol. The number of hydrogen-bond acceptors (Lipinski definition) is 6. The predicted molar refractivity (Wildman–Crippen MR) is 73.1 cm³/mol. The quantitative estimate of drug-likeness (QED) is 0.484. The van der Waals surface area contributed by atoms with E-state index in [4.69, 9.17) is 4.74 Å². The maximum absolute atomic E-state index is 11.3. The lowest BCUT2D eigenvalue weighted by Crippen LogP contribution is -2.09. The first-order valence-corrected chi connectivity index (χ1v) is 6.94. The van der Waals surface area contributed by atoms with E-state index in [2.05, 4.69) is 15.3 Å². The average Bonchev–Trinajstić information content (AvgIpc) is 2.38. The summed E-state index contributed by atoms with van der Waals surface area (Å²) in [6.07, 6.45) is 0.766. The third-order valence-corrected chi connectivity index (χ3v) is 3.38. The number of thioether (sulfide) groups is 1. The molecule has 0 aliphatic rings. The first-order chi connectivity index (χ1) is 8.62. The van der Waals surface area contributed by atoms with Crippen LogP contribution in [0, 0.1) is 6.92 Å². The molecule has 0 radical (unpaired) electrons. The first kappa shape index (κ1) is 14.8. The highest BCUT2D eigenvalue weighted by atomic mass is 32.2. The SMILES string of the molecule is CCOC(=O)CSc1nc(CC)nc(NC)c1C. The molecule has 5 nitrogen and oxygen atoms in total. The lowest BCUT2D eigenvalue weighted by atomic mass is 10.3. The zero-order valence-electron chi connectivity index (χ0n) is 11.2. The van der Waals surface area contributed by atoms with E-state index in [0.29, 0.717) is 6.61 Å². The molecule has 1 aromatic heterocycles. The number of esters is 1. The summed E-state index contributed by atoms with van der Waals surface area (Å²) < 4.78 is 4.90. The molecule has 0 atom stereocenters. The number of rotatable bonds is 6. The molecule has 0 unspecified atom stereocenters. The van der Waals surface area contributed by atoms with Crippen LogP contribution < -0.4 is 5.32 Å². The Morgan fingerprint density at radius 2 is 2.11 bits per heavy atom. The molecule has 0 amide bonds. The van der Waals surface area contributed by atoms with Crippen molar-refractivity contribution in [3.8, 4) is 0 Å². The molecular formula is C12H19N3O2S. The van der Waals surface area contributed by atoms with Crippen LogP contribution in [0.1, 0.15) is 25.2 Å². The van der Waals surface area contributed by atoms with Crippen molar-refractivity contribution in [1.29, 1.82) is 0 Å². The Kier molecular flexibility index (Phi) is 5.91. The minimum Gasteiger partial charge on any atom is -0.465 e. The first-order valence-electron chi connectivity index (χ1n) is 5.96. The highest BCUT2D eigenvalue weighted by molar-refractivity contribution is 7.99. The van der Waals surface area contributed by atoms with Crippen molar-refractivity contribution in [2.75, 3.05) is 24.7 Å². The van der Waals surface area contributed by atoms with Gasteiger partial charge in [0.2, 0.25) is 0 Å². The van der Waals surface area contributed by atoms with E-state index in [-0.39, 0.29) is 11.7 Å². The summed E-state index contributed by atoms with van der Waals surface area (Å²) in [5, 5.41) is 3.88. The van der Waals surface area contributed by atoms with Crippen LogP contribution in [0.3, 0.4) is 0 Å². The third-order valence-electron chi connectivity index (χ3n) is 2.33. The van der Waals surface area contributed by atoms with Gasteiger partial charge in [-0.15, -0.1) is 0 Å². The summed E-state index contributed by atoms with van der Waals surface area (Å²) in [5.41, 5.74) is 0.962. The normalized spacial score (nSPS) is 10.2. The monoisotopic (exact) mass is 269 g/mol. The lowest BCUT2D eigenvalue weighted by Gasteiger charge is -2.10. The molecule has 0 spiro atoms. The topological polar surface area (TPSA) is 64.1 Å². The zero-order valence-corrected chi connectivity index (χ0v) is 12.1. The van der Waals surface area contributed by atoms with E-state index in [0.717, 1.165) is 28.7 Å². The van der Waals surface area contributed by atoms with Crippen molar-refractivity contribution >= 4 is 23.5 Å². The Bertz CT molecular complexity index is 424. The Morgan fingerprint density at radius 3 is 2.67 bits per heavy atom. The molecular weight excluding hydrogens is 250 g/mol. The fourth-order valence-corrected chi connectivity index (χ4v) is 2.23. The predicted octanol–water partition coefficient (Wildman–Crippen LogP) is 2.04. The van der Waals surface area contributed by atoms with E-state index >= 15 is 0 Å². The summed E-state index contributed by atoms with van der Waals surface area (Å²) in [6, 6.07) is 0. The molecule has 18 heavy (non-hydrogen) atoms. The van der Waals surface area contributed by atoms with E-state index < -0.39 is 0 Å². The largest absolute Gasteiger partial charge is 0.465 e. The molecule has 0 fully saturated rings. The van der Waals surface area contributed by atoms with Crippen LogP contribution in [0.15, 0.2) is 5.03 Å². The fraction of sp³-hybridized carbons (Fsp3) is 0.583. The number of nitrogens with one attached hydrogen (secondary N) is 1. The van der Waals surface area contributed by atoms with Crippen LogP contribution in [-0.4, -0.2) is 35.3 Å². The van der Waals surface area contributed by atoms with Gasteiger partial charge in [-0.05, 0) is 13.8 Å². The van der Waals surface area contributed by atoms with E-state index in [1.165, 1.54) is 11.8 Å². The highest BCUT2D eigenvalue weighted by Gasteiger charge is 2.12. The molecule has 0 aliphatic heterocycles. The summed E-state index contributed by atoms with van der Waals surface area (Å²) in [7, 11) is 1.83. The van der Waals surface area contributed by atoms with Crippen molar-refractivity contribution < 1.29 is 9.53 Å². The minimum atomic E-state index is -0.218. The minimum absolute atomic E-state index is 0.218. The van der Waals surface area contributed by atoms with Crippen LogP contribution in [0.4, 0.5) is 5.82 Å². The molecule has 0 saturated carbocycles. The molecule has 100 valence electrons. The van der Waals surface area contributed by atoms with E-state index in [9.17, 15) is 4.79 Å². The maximum Gasteiger partial charge on any atom is 0.316 e. The molecule has 1 N–H and O–H groups in total. The van der Waals surface area contributed by atoms with Crippen molar-refractivity contribution in [1.82, 2.24) is 9.97 Å². The molecule has 1 heterocycles. The number of ether oxygens (including phenoxy) is 1. The van der Waals surface area contributed by atoms with Gasteiger partial charge in [0, 0.05) is 19.0 Å². The maximum atomic E-state index is 11.3. The standard InChI is InChI=1S/C12H19N3O2S/c1-5-9-14-11(13-4)8(3)12(15-9)18-7-10(16)17-6-2/h5-7H2,1-4H3,(H,13,14,15). The Labute approximate surface area is 112 Å². The molecule has 0 aliphatic carbocycles. The second kappa shape index (κ2) is 7.20. The molecule has 6 heteroatoms. The number of nitrogens with zero attached hydrogens (tertiary/aromatic N) is 2. The van der Waals surface area contributed by atoms with Gasteiger partial charge in [0.25, 0.3) is 0 Å². The van der Waals surface area contributed by atoms with E-state index in [1.807, 2.05) is 20.9 Å². The smallest absolute Gasteiger partial charge is 0.316 e. The van der Waals surface area contributed by atoms with Crippen LogP contribution in [-0.2, 0) is 16.0 Å². The number of carbonyl (C=O) groups is 1. The van der Waals surface area contributed by atoms with Gasteiger partial charge in [0.05, 0.1) is 12.4 Å². The van der Waals surface area contributed by atoms with Gasteiger partial charge < -0.3 is 10.1 Å². The number of carbonyl (C=O) groups excluding carboxylic acids is 1.